The Balaban J connectivity index is 1.08. The van der Waals surface area contributed by atoms with Crippen LogP contribution < -0.4 is 5.32 Å². The first kappa shape index (κ1) is 25.1. The van der Waals surface area contributed by atoms with E-state index in [0.29, 0.717) is 18.0 Å². The summed E-state index contributed by atoms with van der Waals surface area (Å²) in [5.74, 6) is 2.45. The molecule has 0 bridgehead atoms. The molecule has 192 valence electrons. The smallest absolute Gasteiger partial charge is 0.251 e. The van der Waals surface area contributed by atoms with Gasteiger partial charge in [0.05, 0.1) is 6.26 Å². The van der Waals surface area contributed by atoms with Gasteiger partial charge in [-0.1, -0.05) is 44.5 Å². The van der Waals surface area contributed by atoms with Crippen LogP contribution in [0.1, 0.15) is 92.7 Å². The molecule has 0 aromatic heterocycles. The lowest BCUT2D eigenvalue weighted by Gasteiger charge is -2.37. The van der Waals surface area contributed by atoms with Crippen LogP contribution >= 0.6 is 0 Å². The van der Waals surface area contributed by atoms with Gasteiger partial charge in [-0.15, -0.1) is 0 Å². The minimum atomic E-state index is 0.0814. The molecule has 1 aromatic carbocycles. The number of hydrogen-bond donors (Lipinski definition) is 1. The highest BCUT2D eigenvalue weighted by molar-refractivity contribution is 5.94. The van der Waals surface area contributed by atoms with Crippen molar-refractivity contribution >= 4 is 5.91 Å². The van der Waals surface area contributed by atoms with Gasteiger partial charge in [0.2, 0.25) is 0 Å². The molecule has 1 saturated heterocycles. The molecule has 2 aliphatic carbocycles. The van der Waals surface area contributed by atoms with Crippen molar-refractivity contribution in [3.05, 3.63) is 71.5 Å². The van der Waals surface area contributed by atoms with Crippen molar-refractivity contribution in [3.63, 3.8) is 0 Å². The van der Waals surface area contributed by atoms with Crippen molar-refractivity contribution in [1.82, 2.24) is 10.2 Å². The van der Waals surface area contributed by atoms with Crippen LogP contribution in [0, 0.1) is 11.8 Å². The predicted octanol–water partition coefficient (Wildman–Crippen LogP) is 7.49. The lowest BCUT2D eigenvalue weighted by Crippen LogP contribution is -2.39. The van der Waals surface area contributed by atoms with E-state index in [4.69, 9.17) is 4.42 Å². The summed E-state index contributed by atoms with van der Waals surface area (Å²) in [5.41, 5.74) is 4.63. The molecule has 2 heterocycles. The maximum absolute atomic E-state index is 12.8. The second-order valence-electron chi connectivity index (χ2n) is 11.5. The zero-order valence-corrected chi connectivity index (χ0v) is 22.0. The van der Waals surface area contributed by atoms with E-state index in [0.717, 1.165) is 43.0 Å². The molecule has 0 spiro atoms. The summed E-state index contributed by atoms with van der Waals surface area (Å²) in [6, 6.07) is 17.5. The lowest BCUT2D eigenvalue weighted by atomic mass is 9.83. The first-order valence-electron chi connectivity index (χ1n) is 14.2. The molecule has 1 amide bonds. The van der Waals surface area contributed by atoms with Crippen LogP contribution in [0.15, 0.2) is 59.2 Å². The molecule has 1 saturated carbocycles. The fraction of sp³-hybridized carbons (Fsp3) is 0.531. The maximum atomic E-state index is 12.8. The van der Waals surface area contributed by atoms with Crippen LogP contribution in [-0.4, -0.2) is 29.9 Å². The summed E-state index contributed by atoms with van der Waals surface area (Å²) in [4.78, 5) is 15.5. The number of benzene rings is 1. The summed E-state index contributed by atoms with van der Waals surface area (Å²) in [6.45, 7) is 6.80. The van der Waals surface area contributed by atoms with Crippen molar-refractivity contribution in [3.8, 4) is 11.3 Å². The van der Waals surface area contributed by atoms with Gasteiger partial charge in [0, 0.05) is 28.8 Å². The molecule has 1 unspecified atom stereocenters. The monoisotopic (exact) mass is 486 g/mol. The highest BCUT2D eigenvalue weighted by Gasteiger charge is 2.28. The zero-order valence-electron chi connectivity index (χ0n) is 22.0. The number of carbonyl (C=O) groups is 1. The van der Waals surface area contributed by atoms with Crippen LogP contribution in [0.25, 0.3) is 11.3 Å². The van der Waals surface area contributed by atoms with Gasteiger partial charge in [-0.05, 0) is 106 Å². The summed E-state index contributed by atoms with van der Waals surface area (Å²) in [5, 5.41) is 3.30. The number of nitrogens with zero attached hydrogens (tertiary/aromatic N) is 1. The van der Waals surface area contributed by atoms with Gasteiger partial charge in [-0.2, -0.15) is 0 Å². The average Bonchev–Trinajstić information content (AvgIpc) is 3.36. The van der Waals surface area contributed by atoms with Crippen LogP contribution in [0.4, 0.5) is 0 Å². The third-order valence-corrected chi connectivity index (χ3v) is 8.32. The van der Waals surface area contributed by atoms with Crippen molar-refractivity contribution in [1.29, 1.82) is 0 Å². The number of amides is 1. The van der Waals surface area contributed by atoms with Crippen LogP contribution in [-0.2, 0) is 6.42 Å². The van der Waals surface area contributed by atoms with E-state index in [1.54, 1.807) is 0 Å². The normalized spacial score (nSPS) is 23.2. The molecule has 5 rings (SSSR count). The van der Waals surface area contributed by atoms with E-state index in [2.05, 4.69) is 54.4 Å². The molecule has 4 aliphatic rings. The second kappa shape index (κ2) is 11.6. The topological polar surface area (TPSA) is 45.5 Å². The van der Waals surface area contributed by atoms with Gasteiger partial charge in [0.1, 0.15) is 5.76 Å². The van der Waals surface area contributed by atoms with Gasteiger partial charge in [0.25, 0.3) is 5.91 Å². The van der Waals surface area contributed by atoms with Gasteiger partial charge >= 0.3 is 0 Å². The molecule has 4 heteroatoms. The Morgan fingerprint density at radius 3 is 2.61 bits per heavy atom. The Kier molecular flexibility index (Phi) is 8.11. The lowest BCUT2D eigenvalue weighted by molar-refractivity contribution is 0.0915. The van der Waals surface area contributed by atoms with Gasteiger partial charge in [-0.25, -0.2) is 0 Å². The first-order chi connectivity index (χ1) is 17.5. The van der Waals surface area contributed by atoms with Crippen molar-refractivity contribution in [2.75, 3.05) is 13.1 Å². The number of carbonyl (C=O) groups excluding carboxylic acids is 1. The SMILES string of the molecule is CC(C)Cc1ccc(C(=O)NC2CCC(CCN3CCCCC3c3coc4cccc-4c3)CC2)cc1. The Morgan fingerprint density at radius 2 is 1.83 bits per heavy atom. The molecule has 0 radical (unpaired) electrons. The number of fused-ring (bicyclic) bond motifs is 1. The molecular weight excluding hydrogens is 444 g/mol. The molecule has 1 aromatic rings. The van der Waals surface area contributed by atoms with Crippen LogP contribution in [0.5, 0.6) is 0 Å². The molecular formula is C32H42N2O2. The number of nitrogens with one attached hydrogen (secondary N) is 1. The highest BCUT2D eigenvalue weighted by Crippen LogP contribution is 2.36. The minimum Gasteiger partial charge on any atom is -0.464 e. The van der Waals surface area contributed by atoms with Crippen molar-refractivity contribution in [2.24, 2.45) is 11.8 Å². The number of likely N-dealkylation sites (tertiary alicyclic amines) is 1. The van der Waals surface area contributed by atoms with Gasteiger partial charge < -0.3 is 9.73 Å². The Hall–Kier alpha value is -2.59. The molecule has 36 heavy (non-hydrogen) atoms. The van der Waals surface area contributed by atoms with Crippen LogP contribution in [0.2, 0.25) is 0 Å². The van der Waals surface area contributed by atoms with E-state index >= 15 is 0 Å². The summed E-state index contributed by atoms with van der Waals surface area (Å²) in [7, 11) is 0. The molecule has 2 aliphatic heterocycles. The zero-order chi connectivity index (χ0) is 24.9. The molecule has 2 fully saturated rings. The molecule has 1 atom stereocenters. The number of rotatable bonds is 8. The average molecular weight is 487 g/mol. The predicted molar refractivity (Wildman–Crippen MR) is 146 cm³/mol. The Morgan fingerprint density at radius 1 is 1.03 bits per heavy atom. The summed E-state index contributed by atoms with van der Waals surface area (Å²) in [6.07, 6.45) is 12.7. The number of hydrogen-bond acceptors (Lipinski definition) is 3. The standard InChI is InChI=1S/C32H42N2O2/c1-23(2)20-25-9-13-26(14-10-25)32(35)33-29-15-11-24(12-16-29)17-19-34-18-4-3-7-30(34)28-21-27-6-5-8-31(27)36-22-28/h5-6,8-10,13-14,21-24,29-30H,3-4,7,11-12,15-20H2,1-2H3,(H,33,35). The fourth-order valence-electron chi connectivity index (χ4n) is 6.28. The Bertz CT molecular complexity index is 1080. The van der Waals surface area contributed by atoms with Crippen molar-refractivity contribution < 1.29 is 9.21 Å². The largest absolute Gasteiger partial charge is 0.464 e. The van der Waals surface area contributed by atoms with E-state index in [1.165, 1.54) is 61.8 Å². The van der Waals surface area contributed by atoms with E-state index in [9.17, 15) is 4.79 Å². The van der Waals surface area contributed by atoms with Gasteiger partial charge in [0.15, 0.2) is 0 Å². The quantitative estimate of drug-likeness (QED) is 0.359. The third-order valence-electron chi connectivity index (χ3n) is 8.32. The van der Waals surface area contributed by atoms with E-state index in [-0.39, 0.29) is 5.91 Å². The second-order valence-corrected chi connectivity index (χ2v) is 11.5. The molecule has 1 N–H and O–H groups in total. The maximum Gasteiger partial charge on any atom is 0.251 e. The highest BCUT2D eigenvalue weighted by atomic mass is 16.3. The van der Waals surface area contributed by atoms with Crippen LogP contribution in [0.3, 0.4) is 0 Å². The summed E-state index contributed by atoms with van der Waals surface area (Å²) < 4.78 is 5.91. The Labute approximate surface area is 216 Å². The van der Waals surface area contributed by atoms with E-state index < -0.39 is 0 Å². The number of piperidine rings is 1. The van der Waals surface area contributed by atoms with Gasteiger partial charge in [-0.3, -0.25) is 9.69 Å². The van der Waals surface area contributed by atoms with Crippen molar-refractivity contribution in [2.45, 2.75) is 83.7 Å². The fourth-order valence-corrected chi connectivity index (χ4v) is 6.28. The third kappa shape index (κ3) is 6.21. The van der Waals surface area contributed by atoms with E-state index in [1.807, 2.05) is 24.5 Å². The first-order valence-corrected chi connectivity index (χ1v) is 14.2. The minimum absolute atomic E-state index is 0.0814. The molecule has 4 nitrogen and oxygen atoms in total. The summed E-state index contributed by atoms with van der Waals surface area (Å²) >= 11 is 0.